The first kappa shape index (κ1) is 15.9. The second-order valence-electron chi connectivity index (χ2n) is 4.90. The first-order valence-electron chi connectivity index (χ1n) is 6.70. The molecule has 0 saturated heterocycles. The second kappa shape index (κ2) is 5.90. The van der Waals surface area contributed by atoms with E-state index in [-0.39, 0.29) is 10.6 Å². The molecule has 9 heteroatoms. The lowest BCUT2D eigenvalue weighted by atomic mass is 10.2. The molecule has 0 saturated carbocycles. The number of sulfonamides is 1. The highest BCUT2D eigenvalue weighted by Gasteiger charge is 2.16. The summed E-state index contributed by atoms with van der Waals surface area (Å²) in [5.41, 5.74) is 1.15. The molecule has 0 aliphatic carbocycles. The largest absolute Gasteiger partial charge is 0.337 e. The van der Waals surface area contributed by atoms with Crippen LogP contribution < -0.4 is 4.72 Å². The van der Waals surface area contributed by atoms with Gasteiger partial charge in [0.1, 0.15) is 0 Å². The average molecular weight is 348 g/mol. The maximum atomic E-state index is 12.6. The summed E-state index contributed by atoms with van der Waals surface area (Å²) < 4.78 is 52.2. The van der Waals surface area contributed by atoms with Gasteiger partial charge < -0.3 is 4.98 Å². The van der Waals surface area contributed by atoms with Crippen molar-refractivity contribution >= 4 is 26.7 Å². The summed E-state index contributed by atoms with van der Waals surface area (Å²) in [5, 5.41) is 8.73. The van der Waals surface area contributed by atoms with Crippen LogP contribution in [0.4, 0.5) is 14.5 Å². The number of rotatable bonds is 4. The number of nitrogens with one attached hydrogen (secondary N) is 2. The Hall–Kier alpha value is -2.99. The standard InChI is InChI=1S/C15H10F2N4O2S/c16-14(17)15-19-12-6-3-10(7-13(12)20-15)21-24(22,23)11-4-1-9(8-18)2-5-11/h1-7,14,21H,(H,19,20). The van der Waals surface area contributed by atoms with Crippen LogP contribution in [-0.4, -0.2) is 18.4 Å². The van der Waals surface area contributed by atoms with Gasteiger partial charge in [-0.1, -0.05) is 0 Å². The van der Waals surface area contributed by atoms with Crippen molar-refractivity contribution in [3.05, 3.63) is 53.9 Å². The predicted octanol–water partition coefficient (Wildman–Crippen LogP) is 3.17. The zero-order valence-electron chi connectivity index (χ0n) is 12.0. The number of alkyl halides is 2. The number of anilines is 1. The molecule has 0 radical (unpaired) electrons. The Balaban J connectivity index is 1.91. The van der Waals surface area contributed by atoms with Crippen LogP contribution in [0.3, 0.4) is 0 Å². The minimum Gasteiger partial charge on any atom is -0.337 e. The first-order valence-corrected chi connectivity index (χ1v) is 8.18. The molecule has 24 heavy (non-hydrogen) atoms. The fraction of sp³-hybridized carbons (Fsp3) is 0.0667. The molecule has 1 heterocycles. The molecule has 2 N–H and O–H groups in total. The van der Waals surface area contributed by atoms with Crippen LogP contribution in [0.5, 0.6) is 0 Å². The predicted molar refractivity (Wildman–Crippen MR) is 83.0 cm³/mol. The molecule has 3 rings (SSSR count). The number of nitriles is 1. The number of H-pyrrole nitrogens is 1. The highest BCUT2D eigenvalue weighted by Crippen LogP contribution is 2.24. The quantitative estimate of drug-likeness (QED) is 0.756. The Kier molecular flexibility index (Phi) is 3.91. The Labute approximate surface area is 135 Å². The van der Waals surface area contributed by atoms with Gasteiger partial charge in [0, 0.05) is 0 Å². The van der Waals surface area contributed by atoms with Crippen molar-refractivity contribution in [2.24, 2.45) is 0 Å². The van der Waals surface area contributed by atoms with E-state index < -0.39 is 22.3 Å². The van der Waals surface area contributed by atoms with Gasteiger partial charge in [0.2, 0.25) is 0 Å². The van der Waals surface area contributed by atoms with Gasteiger partial charge in [0.15, 0.2) is 5.82 Å². The fourth-order valence-electron chi connectivity index (χ4n) is 2.12. The zero-order chi connectivity index (χ0) is 17.3. The van der Waals surface area contributed by atoms with Crippen molar-refractivity contribution in [2.45, 2.75) is 11.3 Å². The third-order valence-electron chi connectivity index (χ3n) is 3.25. The summed E-state index contributed by atoms with van der Waals surface area (Å²) in [6, 6.07) is 11.6. The van der Waals surface area contributed by atoms with E-state index in [4.69, 9.17) is 5.26 Å². The highest BCUT2D eigenvalue weighted by molar-refractivity contribution is 7.92. The molecule has 1 aromatic heterocycles. The molecule has 0 fully saturated rings. The summed E-state index contributed by atoms with van der Waals surface area (Å²) in [6.07, 6.45) is -2.74. The summed E-state index contributed by atoms with van der Waals surface area (Å²) in [4.78, 5) is 6.14. The van der Waals surface area contributed by atoms with Crippen LogP contribution in [0, 0.1) is 11.3 Å². The molecule has 122 valence electrons. The van der Waals surface area contributed by atoms with E-state index in [1.807, 2.05) is 6.07 Å². The zero-order valence-corrected chi connectivity index (χ0v) is 12.8. The Morgan fingerprint density at radius 1 is 1.17 bits per heavy atom. The number of imidazole rings is 1. The highest BCUT2D eigenvalue weighted by atomic mass is 32.2. The second-order valence-corrected chi connectivity index (χ2v) is 6.58. The van der Waals surface area contributed by atoms with Crippen LogP contribution in [0.25, 0.3) is 11.0 Å². The van der Waals surface area contributed by atoms with Crippen molar-refractivity contribution in [2.75, 3.05) is 4.72 Å². The molecule has 0 aliphatic rings. The molecule has 0 atom stereocenters. The molecule has 2 aromatic carbocycles. The van der Waals surface area contributed by atoms with E-state index in [1.54, 1.807) is 0 Å². The molecule has 0 unspecified atom stereocenters. The molecule has 3 aromatic rings. The van der Waals surface area contributed by atoms with Crippen molar-refractivity contribution < 1.29 is 17.2 Å². The third-order valence-corrected chi connectivity index (χ3v) is 4.65. The average Bonchev–Trinajstić information content (AvgIpc) is 2.98. The minimum atomic E-state index is -3.86. The summed E-state index contributed by atoms with van der Waals surface area (Å²) >= 11 is 0. The summed E-state index contributed by atoms with van der Waals surface area (Å²) in [6.45, 7) is 0. The number of nitrogens with zero attached hydrogens (tertiary/aromatic N) is 2. The van der Waals surface area contributed by atoms with Gasteiger partial charge >= 0.3 is 0 Å². The molecule has 6 nitrogen and oxygen atoms in total. The van der Waals surface area contributed by atoms with Crippen LogP contribution >= 0.6 is 0 Å². The molecule has 0 amide bonds. The molecule has 0 spiro atoms. The number of aromatic nitrogens is 2. The third kappa shape index (κ3) is 3.04. The van der Waals surface area contributed by atoms with Crippen LogP contribution in [-0.2, 0) is 10.0 Å². The Morgan fingerprint density at radius 2 is 1.88 bits per heavy atom. The number of aromatic amines is 1. The normalized spacial score (nSPS) is 11.6. The lowest BCUT2D eigenvalue weighted by molar-refractivity contribution is 0.142. The lowest BCUT2D eigenvalue weighted by Gasteiger charge is -2.08. The first-order chi connectivity index (χ1) is 11.4. The van der Waals surface area contributed by atoms with E-state index in [1.165, 1.54) is 42.5 Å². The maximum absolute atomic E-state index is 12.6. The number of halogens is 2. The molecular formula is C15H10F2N4O2S. The molecular weight excluding hydrogens is 338 g/mol. The van der Waals surface area contributed by atoms with Crippen molar-refractivity contribution in [1.29, 1.82) is 5.26 Å². The van der Waals surface area contributed by atoms with Crippen LogP contribution in [0.1, 0.15) is 17.8 Å². The maximum Gasteiger partial charge on any atom is 0.295 e. The van der Waals surface area contributed by atoms with E-state index in [9.17, 15) is 17.2 Å². The van der Waals surface area contributed by atoms with Crippen LogP contribution in [0.15, 0.2) is 47.4 Å². The van der Waals surface area contributed by atoms with Crippen molar-refractivity contribution in [3.8, 4) is 6.07 Å². The molecule has 0 aliphatic heterocycles. The van der Waals surface area contributed by atoms with E-state index >= 15 is 0 Å². The number of hydrogen-bond acceptors (Lipinski definition) is 4. The minimum absolute atomic E-state index is 0.0144. The van der Waals surface area contributed by atoms with Gasteiger partial charge in [-0.25, -0.2) is 22.2 Å². The topological polar surface area (TPSA) is 98.6 Å². The van der Waals surface area contributed by atoms with E-state index in [0.29, 0.717) is 16.6 Å². The van der Waals surface area contributed by atoms with E-state index in [0.717, 1.165) is 0 Å². The monoisotopic (exact) mass is 348 g/mol. The van der Waals surface area contributed by atoms with Gasteiger partial charge in [-0.05, 0) is 42.5 Å². The summed E-state index contributed by atoms with van der Waals surface area (Å²) in [7, 11) is -3.86. The number of benzene rings is 2. The Bertz CT molecular complexity index is 1040. The SMILES string of the molecule is N#Cc1ccc(S(=O)(=O)Nc2ccc3nc(C(F)F)[nH]c3c2)cc1. The molecule has 0 bridgehead atoms. The van der Waals surface area contributed by atoms with E-state index in [2.05, 4.69) is 14.7 Å². The van der Waals surface area contributed by atoms with Crippen molar-refractivity contribution in [1.82, 2.24) is 9.97 Å². The van der Waals surface area contributed by atoms with Crippen LogP contribution in [0.2, 0.25) is 0 Å². The van der Waals surface area contributed by atoms with Crippen molar-refractivity contribution in [3.63, 3.8) is 0 Å². The number of hydrogen-bond donors (Lipinski definition) is 2. The lowest BCUT2D eigenvalue weighted by Crippen LogP contribution is -2.12. The summed E-state index contributed by atoms with van der Waals surface area (Å²) in [5.74, 6) is -0.475. The van der Waals surface area contributed by atoms with Gasteiger partial charge in [-0.2, -0.15) is 5.26 Å². The van der Waals surface area contributed by atoms with Gasteiger partial charge in [0.05, 0.1) is 33.2 Å². The van der Waals surface area contributed by atoms with Gasteiger partial charge in [0.25, 0.3) is 16.4 Å². The van der Waals surface area contributed by atoms with Gasteiger partial charge in [-0.15, -0.1) is 0 Å². The Morgan fingerprint density at radius 3 is 2.50 bits per heavy atom. The van der Waals surface area contributed by atoms with Gasteiger partial charge in [-0.3, -0.25) is 4.72 Å². The smallest absolute Gasteiger partial charge is 0.295 e. The number of fused-ring (bicyclic) bond motifs is 1. The fourth-order valence-corrected chi connectivity index (χ4v) is 3.17.